The Morgan fingerprint density at radius 3 is 2.28 bits per heavy atom. The summed E-state index contributed by atoms with van der Waals surface area (Å²) in [5.74, 6) is 1.89. The fourth-order valence-corrected chi connectivity index (χ4v) is 1.51. The Morgan fingerprint density at radius 1 is 1.06 bits per heavy atom. The van der Waals surface area contributed by atoms with Gasteiger partial charge in [-0.1, -0.05) is 0 Å². The van der Waals surface area contributed by atoms with E-state index in [-0.39, 0.29) is 0 Å². The molecule has 2 N–H and O–H groups in total. The van der Waals surface area contributed by atoms with Gasteiger partial charge in [0, 0.05) is 6.07 Å². The average molecular weight is 240 g/mol. The minimum Gasteiger partial charge on any atom is -0.495 e. The quantitative estimate of drug-likeness (QED) is 0.837. The zero-order valence-electron chi connectivity index (χ0n) is 9.88. The van der Waals surface area contributed by atoms with Crippen molar-refractivity contribution in [2.75, 3.05) is 12.8 Å². The minimum atomic E-state index is 0.517. The van der Waals surface area contributed by atoms with Gasteiger partial charge in [-0.15, -0.1) is 0 Å². The first kappa shape index (κ1) is 11.8. The van der Waals surface area contributed by atoms with Gasteiger partial charge in [-0.05, 0) is 36.4 Å². The molecular formula is C14H12N2O2. The predicted octanol–water partition coefficient (Wildman–Crippen LogP) is 2.94. The molecule has 0 saturated carbocycles. The highest BCUT2D eigenvalue weighted by Crippen LogP contribution is 2.29. The maximum atomic E-state index is 8.69. The zero-order valence-corrected chi connectivity index (χ0v) is 9.88. The first-order chi connectivity index (χ1) is 8.72. The molecule has 0 unspecified atom stereocenters. The summed E-state index contributed by atoms with van der Waals surface area (Å²) in [6, 6.07) is 14.1. The maximum absolute atomic E-state index is 8.69. The van der Waals surface area contributed by atoms with Crippen molar-refractivity contribution < 1.29 is 9.47 Å². The van der Waals surface area contributed by atoms with Crippen LogP contribution in [0.2, 0.25) is 0 Å². The third kappa shape index (κ3) is 2.53. The van der Waals surface area contributed by atoms with Crippen LogP contribution in [0.5, 0.6) is 17.2 Å². The van der Waals surface area contributed by atoms with Crippen LogP contribution in [0.3, 0.4) is 0 Å². The number of nitrogens with zero attached hydrogens (tertiary/aromatic N) is 1. The number of anilines is 1. The van der Waals surface area contributed by atoms with Crippen molar-refractivity contribution in [3.63, 3.8) is 0 Å². The molecule has 90 valence electrons. The van der Waals surface area contributed by atoms with E-state index in [4.69, 9.17) is 20.5 Å². The molecule has 0 aliphatic rings. The lowest BCUT2D eigenvalue weighted by Crippen LogP contribution is -1.93. The van der Waals surface area contributed by atoms with Gasteiger partial charge in [0.05, 0.1) is 24.4 Å². The van der Waals surface area contributed by atoms with Crippen molar-refractivity contribution in [2.24, 2.45) is 0 Å². The van der Waals surface area contributed by atoms with Crippen LogP contribution in [0, 0.1) is 11.3 Å². The number of rotatable bonds is 3. The van der Waals surface area contributed by atoms with Crippen molar-refractivity contribution in [3.05, 3.63) is 48.0 Å². The van der Waals surface area contributed by atoms with Crippen molar-refractivity contribution in [2.45, 2.75) is 0 Å². The summed E-state index contributed by atoms with van der Waals surface area (Å²) in [7, 11) is 1.56. The zero-order chi connectivity index (χ0) is 13.0. The molecule has 0 radical (unpaired) electrons. The molecule has 2 rings (SSSR count). The smallest absolute Gasteiger partial charge is 0.142 e. The summed E-state index contributed by atoms with van der Waals surface area (Å²) in [5, 5.41) is 8.69. The number of benzene rings is 2. The van der Waals surface area contributed by atoms with Gasteiger partial charge >= 0.3 is 0 Å². The Balaban J connectivity index is 2.18. The van der Waals surface area contributed by atoms with Crippen LogP contribution in [0.1, 0.15) is 5.56 Å². The number of ether oxygens (including phenoxy) is 2. The largest absolute Gasteiger partial charge is 0.495 e. The summed E-state index contributed by atoms with van der Waals surface area (Å²) >= 11 is 0. The van der Waals surface area contributed by atoms with E-state index in [0.717, 1.165) is 0 Å². The van der Waals surface area contributed by atoms with Gasteiger partial charge in [-0.3, -0.25) is 0 Å². The Bertz CT molecular complexity index is 586. The molecule has 0 spiro atoms. The average Bonchev–Trinajstić information content (AvgIpc) is 2.40. The van der Waals surface area contributed by atoms with Crippen LogP contribution in [-0.4, -0.2) is 7.11 Å². The summed E-state index contributed by atoms with van der Waals surface area (Å²) in [6.07, 6.45) is 0. The lowest BCUT2D eigenvalue weighted by Gasteiger charge is -2.08. The number of nitrogen functional groups attached to an aromatic ring is 1. The molecular weight excluding hydrogens is 228 g/mol. The molecule has 0 heterocycles. The first-order valence-corrected chi connectivity index (χ1v) is 5.34. The topological polar surface area (TPSA) is 68.3 Å². The lowest BCUT2D eigenvalue weighted by atomic mass is 10.2. The molecule has 4 heteroatoms. The normalized spacial score (nSPS) is 9.56. The third-order valence-electron chi connectivity index (χ3n) is 2.42. The van der Waals surface area contributed by atoms with E-state index in [2.05, 4.69) is 6.07 Å². The second kappa shape index (κ2) is 5.11. The Morgan fingerprint density at radius 2 is 1.72 bits per heavy atom. The van der Waals surface area contributed by atoms with E-state index in [1.54, 1.807) is 49.6 Å². The number of hydrogen-bond donors (Lipinski definition) is 1. The van der Waals surface area contributed by atoms with E-state index < -0.39 is 0 Å². The standard InChI is InChI=1S/C14H12N2O2/c1-17-14-7-6-12(8-13(14)16)18-11-4-2-10(9-15)3-5-11/h2-8H,16H2,1H3. The van der Waals surface area contributed by atoms with Crippen LogP contribution in [0.15, 0.2) is 42.5 Å². The van der Waals surface area contributed by atoms with E-state index in [9.17, 15) is 0 Å². The molecule has 18 heavy (non-hydrogen) atoms. The van der Waals surface area contributed by atoms with Crippen LogP contribution in [0.25, 0.3) is 0 Å². The Kier molecular flexibility index (Phi) is 3.35. The molecule has 0 aliphatic heterocycles. The molecule has 4 nitrogen and oxygen atoms in total. The fraction of sp³-hybridized carbons (Fsp3) is 0.0714. The molecule has 2 aromatic carbocycles. The number of nitrogens with two attached hydrogens (primary N) is 1. The van der Waals surface area contributed by atoms with Crippen LogP contribution >= 0.6 is 0 Å². The van der Waals surface area contributed by atoms with Crippen molar-refractivity contribution >= 4 is 5.69 Å². The van der Waals surface area contributed by atoms with E-state index >= 15 is 0 Å². The van der Waals surface area contributed by atoms with Crippen molar-refractivity contribution in [1.82, 2.24) is 0 Å². The second-order valence-electron chi connectivity index (χ2n) is 3.64. The summed E-state index contributed by atoms with van der Waals surface area (Å²) < 4.78 is 10.7. The molecule has 0 saturated heterocycles. The SMILES string of the molecule is COc1ccc(Oc2ccc(C#N)cc2)cc1N. The Hall–Kier alpha value is -2.67. The van der Waals surface area contributed by atoms with Crippen molar-refractivity contribution in [1.29, 1.82) is 5.26 Å². The minimum absolute atomic E-state index is 0.517. The van der Waals surface area contributed by atoms with Gasteiger partial charge in [0.15, 0.2) is 0 Å². The van der Waals surface area contributed by atoms with Gasteiger partial charge in [-0.2, -0.15) is 5.26 Å². The van der Waals surface area contributed by atoms with Gasteiger partial charge in [0.25, 0.3) is 0 Å². The highest BCUT2D eigenvalue weighted by atomic mass is 16.5. The summed E-state index contributed by atoms with van der Waals surface area (Å²) in [5.41, 5.74) is 6.89. The molecule has 0 aromatic heterocycles. The molecule has 0 aliphatic carbocycles. The molecule has 0 bridgehead atoms. The van der Waals surface area contributed by atoms with E-state index in [1.165, 1.54) is 0 Å². The van der Waals surface area contributed by atoms with Crippen LogP contribution in [0.4, 0.5) is 5.69 Å². The molecule has 0 fully saturated rings. The summed E-state index contributed by atoms with van der Waals surface area (Å²) in [6.45, 7) is 0. The number of methoxy groups -OCH3 is 1. The monoisotopic (exact) mass is 240 g/mol. The molecule has 0 atom stereocenters. The van der Waals surface area contributed by atoms with E-state index in [1.807, 2.05) is 0 Å². The van der Waals surface area contributed by atoms with Gasteiger partial charge < -0.3 is 15.2 Å². The third-order valence-corrected chi connectivity index (χ3v) is 2.42. The van der Waals surface area contributed by atoms with Crippen LogP contribution < -0.4 is 15.2 Å². The highest BCUT2D eigenvalue weighted by Gasteiger charge is 2.02. The van der Waals surface area contributed by atoms with Crippen molar-refractivity contribution in [3.8, 4) is 23.3 Å². The van der Waals surface area contributed by atoms with E-state index in [0.29, 0.717) is 28.5 Å². The predicted molar refractivity (Wildman–Crippen MR) is 68.6 cm³/mol. The van der Waals surface area contributed by atoms with Gasteiger partial charge in [0.2, 0.25) is 0 Å². The number of nitriles is 1. The molecule has 2 aromatic rings. The maximum Gasteiger partial charge on any atom is 0.142 e. The summed E-state index contributed by atoms with van der Waals surface area (Å²) in [4.78, 5) is 0. The fourth-order valence-electron chi connectivity index (χ4n) is 1.51. The van der Waals surface area contributed by atoms with Gasteiger partial charge in [-0.25, -0.2) is 0 Å². The van der Waals surface area contributed by atoms with Gasteiger partial charge in [0.1, 0.15) is 17.2 Å². The second-order valence-corrected chi connectivity index (χ2v) is 3.64. The highest BCUT2D eigenvalue weighted by molar-refractivity contribution is 5.56. The first-order valence-electron chi connectivity index (χ1n) is 5.34. The Labute approximate surface area is 105 Å². The lowest BCUT2D eigenvalue weighted by molar-refractivity contribution is 0.415. The molecule has 0 amide bonds. The van der Waals surface area contributed by atoms with Crippen LogP contribution in [-0.2, 0) is 0 Å². The number of hydrogen-bond acceptors (Lipinski definition) is 4.